The molecule has 0 aliphatic heterocycles. The molecule has 0 spiro atoms. The number of thiophene rings is 1. The summed E-state index contributed by atoms with van der Waals surface area (Å²) in [6.07, 6.45) is 0. The zero-order chi connectivity index (χ0) is 17.3. The summed E-state index contributed by atoms with van der Waals surface area (Å²) < 4.78 is 27.6. The molecule has 1 N–H and O–H groups in total. The molecule has 0 aliphatic rings. The van der Waals surface area contributed by atoms with Gasteiger partial charge in [0.15, 0.2) is 0 Å². The van der Waals surface area contributed by atoms with Crippen molar-refractivity contribution in [3.05, 3.63) is 56.9 Å². The Morgan fingerprint density at radius 2 is 1.88 bits per heavy atom. The second-order valence-electron chi connectivity index (χ2n) is 5.20. The van der Waals surface area contributed by atoms with Crippen molar-refractivity contribution in [2.45, 2.75) is 24.6 Å². The number of aryl methyl sites for hydroxylation is 2. The van der Waals surface area contributed by atoms with E-state index in [1.165, 1.54) is 22.7 Å². The van der Waals surface area contributed by atoms with Gasteiger partial charge in [0.1, 0.15) is 9.22 Å². The molecule has 1 aromatic carbocycles. The minimum Gasteiger partial charge on any atom is -0.241 e. The van der Waals surface area contributed by atoms with Crippen LogP contribution in [0, 0.1) is 13.8 Å². The number of aromatic nitrogens is 1. The monoisotopic (exact) mass is 398 g/mol. The van der Waals surface area contributed by atoms with Crippen molar-refractivity contribution < 1.29 is 8.42 Å². The molecular weight excluding hydrogens is 384 g/mol. The highest BCUT2D eigenvalue weighted by atomic mass is 35.5. The minimum absolute atomic E-state index is 0.216. The van der Waals surface area contributed by atoms with Crippen LogP contribution in [0.4, 0.5) is 0 Å². The average molecular weight is 399 g/mol. The Kier molecular flexibility index (Phi) is 5.08. The van der Waals surface area contributed by atoms with E-state index in [4.69, 9.17) is 11.6 Å². The van der Waals surface area contributed by atoms with Crippen LogP contribution in [0.25, 0.3) is 10.6 Å². The van der Waals surface area contributed by atoms with Gasteiger partial charge in [-0.2, -0.15) is 0 Å². The Morgan fingerprint density at radius 1 is 1.12 bits per heavy atom. The first kappa shape index (κ1) is 17.6. The third kappa shape index (κ3) is 3.70. The van der Waals surface area contributed by atoms with Gasteiger partial charge < -0.3 is 0 Å². The lowest BCUT2D eigenvalue weighted by Crippen LogP contribution is -2.22. The van der Waals surface area contributed by atoms with Crippen molar-refractivity contribution in [3.8, 4) is 10.6 Å². The maximum absolute atomic E-state index is 12.3. The van der Waals surface area contributed by atoms with E-state index in [0.29, 0.717) is 9.23 Å². The third-order valence-electron chi connectivity index (χ3n) is 3.40. The van der Waals surface area contributed by atoms with Crippen molar-refractivity contribution in [1.82, 2.24) is 9.71 Å². The smallest absolute Gasteiger partial charge is 0.241 e. The van der Waals surface area contributed by atoms with Crippen molar-refractivity contribution in [2.75, 3.05) is 0 Å². The number of nitrogens with one attached hydrogen (secondary N) is 1. The predicted octanol–water partition coefficient (Wildman–Crippen LogP) is 4.62. The van der Waals surface area contributed by atoms with Gasteiger partial charge in [-0.25, -0.2) is 18.1 Å². The fourth-order valence-corrected chi connectivity index (χ4v) is 5.87. The van der Waals surface area contributed by atoms with E-state index in [1.54, 1.807) is 12.1 Å². The summed E-state index contributed by atoms with van der Waals surface area (Å²) in [6, 6.07) is 10.9. The van der Waals surface area contributed by atoms with Gasteiger partial charge in [-0.15, -0.1) is 22.7 Å². The van der Waals surface area contributed by atoms with Crippen LogP contribution in [0.15, 0.2) is 40.6 Å². The first-order valence-corrected chi connectivity index (χ1v) is 10.6. The summed E-state index contributed by atoms with van der Waals surface area (Å²) in [5, 5.41) is 1.42. The van der Waals surface area contributed by atoms with E-state index in [-0.39, 0.29) is 6.54 Å². The van der Waals surface area contributed by atoms with Gasteiger partial charge in [0.2, 0.25) is 10.0 Å². The summed E-state index contributed by atoms with van der Waals surface area (Å²) in [6.45, 7) is 3.97. The van der Waals surface area contributed by atoms with Gasteiger partial charge in [0.05, 0.1) is 10.7 Å². The van der Waals surface area contributed by atoms with E-state index < -0.39 is 10.0 Å². The molecule has 0 atom stereocenters. The molecule has 8 heteroatoms. The molecule has 0 radical (unpaired) electrons. The molecule has 4 nitrogen and oxygen atoms in total. The highest BCUT2D eigenvalue weighted by Gasteiger charge is 2.18. The van der Waals surface area contributed by atoms with Crippen LogP contribution in [0.1, 0.15) is 15.4 Å². The highest BCUT2D eigenvalue weighted by Crippen LogP contribution is 2.33. The van der Waals surface area contributed by atoms with Gasteiger partial charge in [-0.1, -0.05) is 29.8 Å². The highest BCUT2D eigenvalue weighted by molar-refractivity contribution is 7.91. The quantitative estimate of drug-likeness (QED) is 0.682. The summed E-state index contributed by atoms with van der Waals surface area (Å²) >= 11 is 8.92. The van der Waals surface area contributed by atoms with E-state index in [9.17, 15) is 8.42 Å². The normalized spacial score (nSPS) is 11.8. The summed E-state index contributed by atoms with van der Waals surface area (Å²) in [5.74, 6) is 0. The third-order valence-corrected chi connectivity index (χ3v) is 7.81. The van der Waals surface area contributed by atoms with Crippen LogP contribution in [0.5, 0.6) is 0 Å². The van der Waals surface area contributed by atoms with Crippen LogP contribution in [-0.4, -0.2) is 13.4 Å². The molecule has 0 unspecified atom stereocenters. The van der Waals surface area contributed by atoms with Gasteiger partial charge >= 0.3 is 0 Å². The van der Waals surface area contributed by atoms with Gasteiger partial charge in [-0.3, -0.25) is 0 Å². The van der Waals surface area contributed by atoms with Crippen molar-refractivity contribution >= 4 is 44.3 Å². The second-order valence-corrected chi connectivity index (χ2v) is 9.97. The second kappa shape index (κ2) is 6.93. The van der Waals surface area contributed by atoms with Gasteiger partial charge in [0.25, 0.3) is 0 Å². The van der Waals surface area contributed by atoms with E-state index in [1.807, 2.05) is 38.1 Å². The molecule has 0 saturated carbocycles. The zero-order valence-corrected chi connectivity index (χ0v) is 16.2. The zero-order valence-electron chi connectivity index (χ0n) is 13.0. The molecule has 0 amide bonds. The number of halogens is 1. The number of sulfonamides is 1. The molecule has 3 aromatic rings. The standard InChI is InChI=1S/C16H15ClN2O2S3/c1-10-7-8-15(22-10)24(20,21)18-9-14-11(2)19-16(23-14)12-5-3-4-6-13(12)17/h3-8,18H,9H2,1-2H3. The molecule has 2 aromatic heterocycles. The molecule has 0 bridgehead atoms. The Hall–Kier alpha value is -1.25. The summed E-state index contributed by atoms with van der Waals surface area (Å²) in [5.41, 5.74) is 1.66. The van der Waals surface area contributed by atoms with Crippen molar-refractivity contribution in [3.63, 3.8) is 0 Å². The average Bonchev–Trinajstić information content (AvgIpc) is 3.12. The van der Waals surface area contributed by atoms with Gasteiger partial charge in [-0.05, 0) is 32.0 Å². The first-order chi connectivity index (χ1) is 11.4. The molecule has 24 heavy (non-hydrogen) atoms. The van der Waals surface area contributed by atoms with E-state index in [2.05, 4.69) is 9.71 Å². The lowest BCUT2D eigenvalue weighted by Gasteiger charge is -2.03. The molecule has 0 saturated heterocycles. The molecule has 126 valence electrons. The van der Waals surface area contributed by atoms with E-state index in [0.717, 1.165) is 26.0 Å². The Morgan fingerprint density at radius 3 is 2.54 bits per heavy atom. The number of hydrogen-bond acceptors (Lipinski definition) is 5. The number of benzene rings is 1. The van der Waals surface area contributed by atoms with Gasteiger partial charge in [0, 0.05) is 21.9 Å². The van der Waals surface area contributed by atoms with Crippen LogP contribution < -0.4 is 4.72 Å². The molecule has 3 rings (SSSR count). The number of rotatable bonds is 5. The number of hydrogen-bond donors (Lipinski definition) is 1. The fraction of sp³-hybridized carbons (Fsp3) is 0.188. The van der Waals surface area contributed by atoms with Crippen molar-refractivity contribution in [2.24, 2.45) is 0 Å². The Labute approximate surface area is 154 Å². The minimum atomic E-state index is -3.50. The Bertz CT molecular complexity index is 977. The lowest BCUT2D eigenvalue weighted by atomic mass is 10.2. The Balaban J connectivity index is 1.81. The van der Waals surface area contributed by atoms with E-state index >= 15 is 0 Å². The molecule has 0 aliphatic carbocycles. The molecule has 2 heterocycles. The maximum atomic E-state index is 12.3. The topological polar surface area (TPSA) is 59.1 Å². The van der Waals surface area contributed by atoms with Crippen LogP contribution in [-0.2, 0) is 16.6 Å². The lowest BCUT2D eigenvalue weighted by molar-refractivity contribution is 0.584. The fourth-order valence-electron chi connectivity index (χ4n) is 2.13. The summed E-state index contributed by atoms with van der Waals surface area (Å²) in [7, 11) is -3.50. The van der Waals surface area contributed by atoms with Crippen LogP contribution >= 0.6 is 34.3 Å². The summed E-state index contributed by atoms with van der Waals surface area (Å²) in [4.78, 5) is 6.36. The maximum Gasteiger partial charge on any atom is 0.250 e. The number of nitrogens with zero attached hydrogens (tertiary/aromatic N) is 1. The predicted molar refractivity (Wildman–Crippen MR) is 100 cm³/mol. The largest absolute Gasteiger partial charge is 0.250 e. The SMILES string of the molecule is Cc1ccc(S(=O)(=O)NCc2sc(-c3ccccc3Cl)nc2C)s1. The van der Waals surface area contributed by atoms with Crippen LogP contribution in [0.3, 0.4) is 0 Å². The number of thiazole rings is 1. The van der Waals surface area contributed by atoms with Crippen molar-refractivity contribution in [1.29, 1.82) is 0 Å². The molecular formula is C16H15ClN2O2S3. The van der Waals surface area contributed by atoms with Crippen LogP contribution in [0.2, 0.25) is 5.02 Å². The molecule has 0 fully saturated rings. The first-order valence-electron chi connectivity index (χ1n) is 7.14.